The molecule has 0 amide bonds. The van der Waals surface area contributed by atoms with Crippen LogP contribution in [0, 0.1) is 16.7 Å². The molecule has 0 saturated heterocycles. The molecule has 0 bridgehead atoms. The molecule has 0 aromatic carbocycles. The van der Waals surface area contributed by atoms with Crippen molar-refractivity contribution in [1.82, 2.24) is 0 Å². The van der Waals surface area contributed by atoms with E-state index >= 15 is 0 Å². The third-order valence-corrected chi connectivity index (χ3v) is 4.69. The Balaban J connectivity index is 2.01. The van der Waals surface area contributed by atoms with Crippen molar-refractivity contribution in [2.24, 2.45) is 16.7 Å². The molecule has 0 N–H and O–H groups in total. The van der Waals surface area contributed by atoms with Crippen LogP contribution in [0.5, 0.6) is 0 Å². The average Bonchev–Trinajstić information content (AvgIpc) is 2.28. The summed E-state index contributed by atoms with van der Waals surface area (Å²) in [5, 5.41) is 0. The van der Waals surface area contributed by atoms with Crippen molar-refractivity contribution in [3.05, 3.63) is 11.6 Å². The largest absolute Gasteiger partial charge is 0.462 e. The van der Waals surface area contributed by atoms with Crippen LogP contribution in [-0.4, -0.2) is 12.1 Å². The van der Waals surface area contributed by atoms with Crippen LogP contribution in [0.25, 0.3) is 0 Å². The molecule has 19 heavy (non-hydrogen) atoms. The SMILES string of the molecule is CC1CC=C2C[C@@H](OC(=O)C(C)(C)C)CCC2(C)C1. The first kappa shape index (κ1) is 14.6. The van der Waals surface area contributed by atoms with Crippen LogP contribution in [0.3, 0.4) is 0 Å². The lowest BCUT2D eigenvalue weighted by molar-refractivity contribution is -0.160. The lowest BCUT2D eigenvalue weighted by Crippen LogP contribution is -2.37. The Labute approximate surface area is 117 Å². The summed E-state index contributed by atoms with van der Waals surface area (Å²) in [5.41, 5.74) is 1.50. The summed E-state index contributed by atoms with van der Waals surface area (Å²) in [6, 6.07) is 0. The van der Waals surface area contributed by atoms with Gasteiger partial charge in [0.15, 0.2) is 0 Å². The number of hydrogen-bond donors (Lipinski definition) is 0. The molecule has 108 valence electrons. The second kappa shape index (κ2) is 4.96. The Morgan fingerprint density at radius 1 is 1.42 bits per heavy atom. The fourth-order valence-corrected chi connectivity index (χ4v) is 3.42. The van der Waals surface area contributed by atoms with Gasteiger partial charge in [-0.25, -0.2) is 0 Å². The molecule has 0 aromatic rings. The summed E-state index contributed by atoms with van der Waals surface area (Å²) >= 11 is 0. The van der Waals surface area contributed by atoms with Crippen molar-refractivity contribution in [3.8, 4) is 0 Å². The number of esters is 1. The maximum absolute atomic E-state index is 12.0. The van der Waals surface area contributed by atoms with E-state index in [0.717, 1.165) is 25.2 Å². The number of carbonyl (C=O) groups excluding carboxylic acids is 1. The van der Waals surface area contributed by atoms with Gasteiger partial charge < -0.3 is 4.74 Å². The monoisotopic (exact) mass is 264 g/mol. The van der Waals surface area contributed by atoms with Gasteiger partial charge in [0.25, 0.3) is 0 Å². The molecular formula is C17H28O2. The Kier molecular flexibility index (Phi) is 3.81. The first-order chi connectivity index (χ1) is 8.71. The van der Waals surface area contributed by atoms with Gasteiger partial charge in [0.05, 0.1) is 5.41 Å². The van der Waals surface area contributed by atoms with Crippen molar-refractivity contribution in [2.75, 3.05) is 0 Å². The molecule has 0 aliphatic heterocycles. The van der Waals surface area contributed by atoms with Gasteiger partial charge in [-0.05, 0) is 57.8 Å². The molecule has 2 aliphatic carbocycles. The minimum Gasteiger partial charge on any atom is -0.462 e. The lowest BCUT2D eigenvalue weighted by atomic mass is 9.63. The first-order valence-corrected chi connectivity index (χ1v) is 7.61. The molecule has 1 saturated carbocycles. The zero-order chi connectivity index (χ0) is 14.3. The molecule has 2 heteroatoms. The highest BCUT2D eigenvalue weighted by Crippen LogP contribution is 2.49. The third kappa shape index (κ3) is 3.21. The second-order valence-electron chi connectivity index (χ2n) is 7.86. The molecule has 0 heterocycles. The summed E-state index contributed by atoms with van der Waals surface area (Å²) in [7, 11) is 0. The van der Waals surface area contributed by atoms with Crippen LogP contribution >= 0.6 is 0 Å². The highest BCUT2D eigenvalue weighted by Gasteiger charge is 2.40. The summed E-state index contributed by atoms with van der Waals surface area (Å²) in [4.78, 5) is 12.0. The van der Waals surface area contributed by atoms with E-state index in [2.05, 4.69) is 19.9 Å². The minimum absolute atomic E-state index is 0.0640. The number of carbonyl (C=O) groups is 1. The van der Waals surface area contributed by atoms with E-state index in [1.165, 1.54) is 18.4 Å². The molecule has 2 rings (SSSR count). The van der Waals surface area contributed by atoms with Gasteiger partial charge in [0, 0.05) is 6.42 Å². The van der Waals surface area contributed by atoms with Crippen molar-refractivity contribution in [3.63, 3.8) is 0 Å². The Morgan fingerprint density at radius 2 is 2.11 bits per heavy atom. The minimum atomic E-state index is -0.393. The topological polar surface area (TPSA) is 26.3 Å². The van der Waals surface area contributed by atoms with E-state index in [4.69, 9.17) is 4.74 Å². The summed E-state index contributed by atoms with van der Waals surface area (Å²) in [5.74, 6) is 0.730. The Hall–Kier alpha value is -0.790. The van der Waals surface area contributed by atoms with E-state index in [1.807, 2.05) is 20.8 Å². The van der Waals surface area contributed by atoms with Crippen LogP contribution in [0.4, 0.5) is 0 Å². The smallest absolute Gasteiger partial charge is 0.311 e. The van der Waals surface area contributed by atoms with E-state index < -0.39 is 5.41 Å². The molecule has 0 spiro atoms. The van der Waals surface area contributed by atoms with E-state index in [1.54, 1.807) is 0 Å². The average molecular weight is 264 g/mol. The number of hydrogen-bond acceptors (Lipinski definition) is 2. The van der Waals surface area contributed by atoms with Crippen LogP contribution in [0.1, 0.15) is 66.7 Å². The molecule has 0 aromatic heterocycles. The zero-order valence-corrected chi connectivity index (χ0v) is 13.1. The van der Waals surface area contributed by atoms with Crippen molar-refractivity contribution in [2.45, 2.75) is 72.8 Å². The standard InChI is InChI=1S/C17H28O2/c1-12-6-7-13-10-14(8-9-17(13,5)11-12)19-15(18)16(2,3)4/h7,12,14H,6,8-11H2,1-5H3/t12?,14-,17?/m0/s1. The molecule has 1 fully saturated rings. The lowest BCUT2D eigenvalue weighted by Gasteiger charge is -2.44. The molecule has 2 unspecified atom stereocenters. The molecule has 0 radical (unpaired) electrons. The molecular weight excluding hydrogens is 236 g/mol. The van der Waals surface area contributed by atoms with Gasteiger partial charge in [-0.2, -0.15) is 0 Å². The Morgan fingerprint density at radius 3 is 2.74 bits per heavy atom. The first-order valence-electron chi connectivity index (χ1n) is 7.61. The van der Waals surface area contributed by atoms with Gasteiger partial charge in [0.1, 0.15) is 6.10 Å². The quantitative estimate of drug-likeness (QED) is 0.515. The number of allylic oxidation sites excluding steroid dienone is 1. The maximum atomic E-state index is 12.0. The van der Waals surface area contributed by atoms with E-state index in [0.29, 0.717) is 5.41 Å². The van der Waals surface area contributed by atoms with Crippen molar-refractivity contribution < 1.29 is 9.53 Å². The van der Waals surface area contributed by atoms with Gasteiger partial charge in [0.2, 0.25) is 0 Å². The van der Waals surface area contributed by atoms with Crippen LogP contribution in [0.15, 0.2) is 11.6 Å². The third-order valence-electron chi connectivity index (χ3n) is 4.69. The summed E-state index contributed by atoms with van der Waals surface area (Å²) in [6.07, 6.45) is 8.10. The summed E-state index contributed by atoms with van der Waals surface area (Å²) in [6.45, 7) is 10.5. The second-order valence-corrected chi connectivity index (χ2v) is 7.86. The van der Waals surface area contributed by atoms with Gasteiger partial charge in [-0.1, -0.05) is 25.5 Å². The predicted octanol–water partition coefficient (Wildman–Crippen LogP) is 4.49. The van der Waals surface area contributed by atoms with Crippen LogP contribution in [-0.2, 0) is 9.53 Å². The highest BCUT2D eigenvalue weighted by atomic mass is 16.5. The van der Waals surface area contributed by atoms with Crippen LogP contribution in [0.2, 0.25) is 0 Å². The fraction of sp³-hybridized carbons (Fsp3) is 0.824. The van der Waals surface area contributed by atoms with Gasteiger partial charge in [-0.15, -0.1) is 0 Å². The number of ether oxygens (including phenoxy) is 1. The van der Waals surface area contributed by atoms with Crippen molar-refractivity contribution in [1.29, 1.82) is 0 Å². The molecule has 2 nitrogen and oxygen atoms in total. The highest BCUT2D eigenvalue weighted by molar-refractivity contribution is 5.75. The van der Waals surface area contributed by atoms with Gasteiger partial charge >= 0.3 is 5.97 Å². The Bertz CT molecular complexity index is 389. The van der Waals surface area contributed by atoms with E-state index in [-0.39, 0.29) is 12.1 Å². The predicted molar refractivity (Wildman–Crippen MR) is 77.8 cm³/mol. The maximum Gasteiger partial charge on any atom is 0.311 e. The van der Waals surface area contributed by atoms with Crippen LogP contribution < -0.4 is 0 Å². The number of fused-ring (bicyclic) bond motifs is 1. The number of rotatable bonds is 1. The van der Waals surface area contributed by atoms with Crippen molar-refractivity contribution >= 4 is 5.97 Å². The normalized spacial score (nSPS) is 35.3. The van der Waals surface area contributed by atoms with E-state index in [9.17, 15) is 4.79 Å². The summed E-state index contributed by atoms with van der Waals surface area (Å²) < 4.78 is 5.70. The fourth-order valence-electron chi connectivity index (χ4n) is 3.42. The molecule has 2 aliphatic rings. The van der Waals surface area contributed by atoms with Gasteiger partial charge in [-0.3, -0.25) is 4.79 Å². The molecule has 3 atom stereocenters. The zero-order valence-electron chi connectivity index (χ0n) is 13.1.